The van der Waals surface area contributed by atoms with E-state index in [1.54, 1.807) is 0 Å². The van der Waals surface area contributed by atoms with Crippen molar-refractivity contribution in [1.82, 2.24) is 0 Å². The molecular formula is C15H13Cl2FN2O5. The van der Waals surface area contributed by atoms with Gasteiger partial charge >= 0.3 is 11.7 Å². The number of hydrogen-bond donors (Lipinski definition) is 2. The summed E-state index contributed by atoms with van der Waals surface area (Å²) in [6.07, 6.45) is 1.30. The Hall–Kier alpha value is -2.19. The van der Waals surface area contributed by atoms with Crippen molar-refractivity contribution in [3.63, 3.8) is 0 Å². The van der Waals surface area contributed by atoms with Crippen LogP contribution in [-0.4, -0.2) is 28.3 Å². The first-order valence-corrected chi connectivity index (χ1v) is 7.97. The minimum absolute atomic E-state index is 0.0174. The molecule has 0 aromatic heterocycles. The number of nitrogens with zero attached hydrogens (tertiary/aromatic N) is 1. The molecule has 0 bridgehead atoms. The van der Waals surface area contributed by atoms with Crippen LogP contribution in [-0.2, 0) is 9.53 Å². The monoisotopic (exact) mass is 390 g/mol. The molecule has 0 unspecified atom stereocenters. The quantitative estimate of drug-likeness (QED) is 0.143. The van der Waals surface area contributed by atoms with Crippen molar-refractivity contribution >= 4 is 46.3 Å². The zero-order valence-electron chi connectivity index (χ0n) is 12.9. The molecule has 7 nitrogen and oxygen atoms in total. The Morgan fingerprint density at radius 2 is 2.08 bits per heavy atom. The average molecular weight is 391 g/mol. The summed E-state index contributed by atoms with van der Waals surface area (Å²) in [4.78, 5) is 22.2. The summed E-state index contributed by atoms with van der Waals surface area (Å²) in [5.41, 5.74) is -2.14. The highest BCUT2D eigenvalue weighted by molar-refractivity contribution is 6.39. The van der Waals surface area contributed by atoms with Gasteiger partial charge in [-0.25, -0.2) is 9.18 Å². The molecule has 1 aromatic rings. The van der Waals surface area contributed by atoms with E-state index in [1.807, 2.05) is 0 Å². The number of halogens is 3. The number of nitro groups is 1. The normalized spacial score (nSPS) is 14.7. The van der Waals surface area contributed by atoms with Crippen molar-refractivity contribution < 1.29 is 24.0 Å². The van der Waals surface area contributed by atoms with E-state index in [2.05, 4.69) is 0 Å². The molecule has 0 atom stereocenters. The molecule has 1 fully saturated rings. The second kappa shape index (κ2) is 7.37. The van der Waals surface area contributed by atoms with Gasteiger partial charge in [0, 0.05) is 11.5 Å². The van der Waals surface area contributed by atoms with Gasteiger partial charge in [-0.1, -0.05) is 23.2 Å². The minimum atomic E-state index is -1.19. The van der Waals surface area contributed by atoms with Crippen LogP contribution in [0.25, 0.3) is 5.76 Å². The average Bonchev–Trinajstić information content (AvgIpc) is 3.35. The number of ether oxygens (including phenoxy) is 1. The molecule has 10 heteroatoms. The molecule has 1 aliphatic carbocycles. The lowest BCUT2D eigenvalue weighted by molar-refractivity contribution is -0.384. The Balaban J connectivity index is 2.70. The van der Waals surface area contributed by atoms with Crippen molar-refractivity contribution in [2.75, 3.05) is 6.61 Å². The maximum atomic E-state index is 13.9. The lowest BCUT2D eigenvalue weighted by Crippen LogP contribution is -2.19. The van der Waals surface area contributed by atoms with Gasteiger partial charge in [0.2, 0.25) is 0 Å². The molecule has 1 aliphatic rings. The van der Waals surface area contributed by atoms with Crippen LogP contribution in [0.5, 0.6) is 0 Å². The predicted octanol–water partition coefficient (Wildman–Crippen LogP) is 4.30. The van der Waals surface area contributed by atoms with E-state index in [-0.39, 0.29) is 18.2 Å². The third kappa shape index (κ3) is 3.74. The summed E-state index contributed by atoms with van der Waals surface area (Å²) in [5.74, 6) is -3.29. The maximum absolute atomic E-state index is 13.9. The fourth-order valence-electron chi connectivity index (χ4n) is 2.17. The number of nitrogens with one attached hydrogen (secondary N) is 1. The Morgan fingerprint density at radius 3 is 2.56 bits per heavy atom. The van der Waals surface area contributed by atoms with Crippen LogP contribution >= 0.6 is 23.2 Å². The summed E-state index contributed by atoms with van der Waals surface area (Å²) >= 11 is 11.4. The number of benzene rings is 1. The summed E-state index contributed by atoms with van der Waals surface area (Å²) in [7, 11) is 0. The standard InChI is InChI=1S/C15H13Cl2FN2O5/c1-2-25-15(22)9(12(19)6-3-4-6)14(21)7-5-8(18)11(17)13(10(7)16)20(23)24/h5-6,19,21H,2-4H2,1H3. The number of carbonyl (C=O) groups is 1. The van der Waals surface area contributed by atoms with E-state index in [0.717, 1.165) is 0 Å². The minimum Gasteiger partial charge on any atom is -0.506 e. The second-order valence-electron chi connectivity index (χ2n) is 5.27. The number of rotatable bonds is 6. The Bertz CT molecular complexity index is 806. The van der Waals surface area contributed by atoms with Crippen molar-refractivity contribution in [1.29, 1.82) is 5.41 Å². The first-order chi connectivity index (χ1) is 11.7. The number of hydrogen-bond acceptors (Lipinski definition) is 6. The zero-order valence-corrected chi connectivity index (χ0v) is 14.4. The van der Waals surface area contributed by atoms with Crippen LogP contribution in [0.1, 0.15) is 25.3 Å². The summed E-state index contributed by atoms with van der Waals surface area (Å²) < 4.78 is 18.7. The van der Waals surface area contributed by atoms with Crippen LogP contribution in [0.4, 0.5) is 10.1 Å². The first-order valence-electron chi connectivity index (χ1n) is 7.22. The van der Waals surface area contributed by atoms with Crippen molar-refractivity contribution in [3.05, 3.63) is 43.2 Å². The Kier molecular flexibility index (Phi) is 5.64. The number of aliphatic hydroxyl groups excluding tert-OH is 1. The van der Waals surface area contributed by atoms with Crippen LogP contribution < -0.4 is 0 Å². The molecule has 0 amide bonds. The van der Waals surface area contributed by atoms with E-state index in [9.17, 15) is 24.4 Å². The number of aliphatic hydroxyl groups is 1. The van der Waals surface area contributed by atoms with Gasteiger partial charge in [-0.05, 0) is 25.8 Å². The fourth-order valence-corrected chi connectivity index (χ4v) is 2.75. The van der Waals surface area contributed by atoms with Gasteiger partial charge < -0.3 is 15.3 Å². The second-order valence-corrected chi connectivity index (χ2v) is 6.03. The molecule has 0 spiro atoms. The zero-order chi connectivity index (χ0) is 18.9. The molecule has 1 aromatic carbocycles. The van der Waals surface area contributed by atoms with Crippen molar-refractivity contribution in [2.45, 2.75) is 19.8 Å². The molecule has 25 heavy (non-hydrogen) atoms. The SMILES string of the molecule is CCOC(=O)C(C(=N)C1CC1)=C(O)c1cc(F)c(Cl)c([N+](=O)[O-])c1Cl. The molecule has 2 rings (SSSR count). The van der Waals surface area contributed by atoms with Crippen LogP contribution in [0.15, 0.2) is 11.6 Å². The Morgan fingerprint density at radius 1 is 1.48 bits per heavy atom. The fraction of sp³-hybridized carbons (Fsp3) is 0.333. The molecule has 2 N–H and O–H groups in total. The largest absolute Gasteiger partial charge is 0.506 e. The van der Waals surface area contributed by atoms with Gasteiger partial charge in [0.25, 0.3) is 0 Å². The van der Waals surface area contributed by atoms with Crippen LogP contribution in [0, 0.1) is 27.3 Å². The number of esters is 1. The van der Waals surface area contributed by atoms with Gasteiger partial charge in [0.15, 0.2) is 5.02 Å². The van der Waals surface area contributed by atoms with Gasteiger partial charge in [-0.3, -0.25) is 10.1 Å². The lowest BCUT2D eigenvalue weighted by atomic mass is 10.0. The van der Waals surface area contributed by atoms with Crippen LogP contribution in [0.3, 0.4) is 0 Å². The van der Waals surface area contributed by atoms with E-state index in [1.165, 1.54) is 6.92 Å². The van der Waals surface area contributed by atoms with E-state index < -0.39 is 49.3 Å². The molecule has 0 aliphatic heterocycles. The lowest BCUT2D eigenvalue weighted by Gasteiger charge is -2.13. The van der Waals surface area contributed by atoms with E-state index in [0.29, 0.717) is 18.9 Å². The number of carbonyl (C=O) groups excluding carboxylic acids is 1. The molecule has 0 radical (unpaired) electrons. The first kappa shape index (κ1) is 19.1. The van der Waals surface area contributed by atoms with Crippen molar-refractivity contribution in [2.24, 2.45) is 5.92 Å². The summed E-state index contributed by atoms with van der Waals surface area (Å²) in [5, 5.41) is 28.1. The highest BCUT2D eigenvalue weighted by atomic mass is 35.5. The third-order valence-corrected chi connectivity index (χ3v) is 4.28. The van der Waals surface area contributed by atoms with Crippen LogP contribution in [0.2, 0.25) is 10.0 Å². The highest BCUT2D eigenvalue weighted by Crippen LogP contribution is 2.41. The smallest absolute Gasteiger partial charge is 0.343 e. The Labute approximate surface area is 151 Å². The molecular weight excluding hydrogens is 378 g/mol. The predicted molar refractivity (Wildman–Crippen MR) is 89.7 cm³/mol. The van der Waals surface area contributed by atoms with Gasteiger partial charge in [-0.2, -0.15) is 0 Å². The molecule has 0 saturated heterocycles. The molecule has 1 saturated carbocycles. The molecule has 0 heterocycles. The molecule has 134 valence electrons. The highest BCUT2D eigenvalue weighted by Gasteiger charge is 2.36. The van der Waals surface area contributed by atoms with Crippen molar-refractivity contribution in [3.8, 4) is 0 Å². The summed E-state index contributed by atoms with van der Waals surface area (Å²) in [6.45, 7) is 1.52. The van der Waals surface area contributed by atoms with Gasteiger partial charge in [0.1, 0.15) is 22.2 Å². The maximum Gasteiger partial charge on any atom is 0.343 e. The van der Waals surface area contributed by atoms with Gasteiger partial charge in [0.05, 0.1) is 17.2 Å². The summed E-state index contributed by atoms with van der Waals surface area (Å²) in [6, 6.07) is 0.673. The van der Waals surface area contributed by atoms with Gasteiger partial charge in [-0.15, -0.1) is 0 Å². The third-order valence-electron chi connectivity index (χ3n) is 3.54. The van der Waals surface area contributed by atoms with E-state index >= 15 is 0 Å². The van der Waals surface area contributed by atoms with E-state index in [4.69, 9.17) is 33.3 Å². The number of nitro benzene ring substituents is 1. The topological polar surface area (TPSA) is 114 Å².